The van der Waals surface area contributed by atoms with Crippen LogP contribution >= 0.6 is 23.4 Å². The van der Waals surface area contributed by atoms with Gasteiger partial charge in [0.25, 0.3) is 5.91 Å². The molecule has 0 aliphatic rings. The summed E-state index contributed by atoms with van der Waals surface area (Å²) in [4.78, 5) is 33.1. The van der Waals surface area contributed by atoms with Crippen LogP contribution in [0.5, 0.6) is 0 Å². The predicted octanol–water partition coefficient (Wildman–Crippen LogP) is 4.43. The molecule has 8 heteroatoms. The second-order valence-electron chi connectivity index (χ2n) is 7.01. The number of aromatic nitrogens is 2. The first-order chi connectivity index (χ1) is 14.9. The van der Waals surface area contributed by atoms with Crippen LogP contribution in [-0.4, -0.2) is 21.8 Å². The second-order valence-corrected chi connectivity index (χ2v) is 8.36. The average molecular weight is 455 g/mol. The summed E-state index contributed by atoms with van der Waals surface area (Å²) in [6, 6.07) is 16.5. The third-order valence-electron chi connectivity index (χ3n) is 4.44. The number of aryl methyl sites for hydroxylation is 3. The molecule has 0 saturated carbocycles. The van der Waals surface area contributed by atoms with E-state index in [-0.39, 0.29) is 18.2 Å². The Morgan fingerprint density at radius 3 is 2.32 bits per heavy atom. The number of benzene rings is 2. The molecule has 2 N–H and O–H groups in total. The molecule has 1 aromatic heterocycles. The number of nitrogens with one attached hydrogen (secondary N) is 2. The van der Waals surface area contributed by atoms with E-state index in [0.717, 1.165) is 27.7 Å². The summed E-state index contributed by atoms with van der Waals surface area (Å²) in [5.74, 6) is 0.0431. The van der Waals surface area contributed by atoms with Crippen LogP contribution in [0.4, 0.5) is 0 Å². The van der Waals surface area contributed by atoms with Crippen LogP contribution in [-0.2, 0) is 17.0 Å². The van der Waals surface area contributed by atoms with Gasteiger partial charge in [0.15, 0.2) is 5.16 Å². The smallest absolute Gasteiger partial charge is 0.269 e. The van der Waals surface area contributed by atoms with Crippen molar-refractivity contribution in [3.05, 3.63) is 87.7 Å². The summed E-state index contributed by atoms with van der Waals surface area (Å²) in [6.07, 6.45) is 0.721. The molecule has 0 bridgehead atoms. The standard InChI is InChI=1S/C23H23ClN4O2S/c1-15-13-16(2)26-23(25-15)31-14-17-7-9-19(10-8-17)22(30)28-27-21(29)12-11-18-5-3-4-6-20(18)24/h3-10,13H,11-12,14H2,1-2H3,(H,27,29)(H,28,30). The number of amides is 2. The number of carbonyl (C=O) groups excluding carboxylic acids is 2. The van der Waals surface area contributed by atoms with Crippen LogP contribution in [0.15, 0.2) is 59.8 Å². The Kier molecular flexibility index (Phi) is 8.03. The number of hydrazine groups is 1. The molecule has 2 aromatic carbocycles. The third-order valence-corrected chi connectivity index (χ3v) is 5.73. The zero-order chi connectivity index (χ0) is 22.2. The fourth-order valence-corrected chi connectivity index (χ4v) is 4.00. The van der Waals surface area contributed by atoms with Crippen molar-refractivity contribution in [3.8, 4) is 0 Å². The van der Waals surface area contributed by atoms with Crippen molar-refractivity contribution in [3.63, 3.8) is 0 Å². The van der Waals surface area contributed by atoms with Crippen LogP contribution in [0.25, 0.3) is 0 Å². The first kappa shape index (κ1) is 22.8. The monoisotopic (exact) mass is 454 g/mol. The predicted molar refractivity (Wildman–Crippen MR) is 123 cm³/mol. The molecule has 31 heavy (non-hydrogen) atoms. The maximum absolute atomic E-state index is 12.3. The van der Waals surface area contributed by atoms with Crippen molar-refractivity contribution in [2.45, 2.75) is 37.6 Å². The zero-order valence-electron chi connectivity index (χ0n) is 17.3. The number of hydrogen-bond acceptors (Lipinski definition) is 5. The topological polar surface area (TPSA) is 84.0 Å². The fourth-order valence-electron chi connectivity index (χ4n) is 2.87. The van der Waals surface area contributed by atoms with E-state index in [1.165, 1.54) is 0 Å². The average Bonchev–Trinajstić information content (AvgIpc) is 2.75. The highest BCUT2D eigenvalue weighted by atomic mass is 35.5. The molecule has 0 saturated heterocycles. The van der Waals surface area contributed by atoms with Gasteiger partial charge < -0.3 is 0 Å². The lowest BCUT2D eigenvalue weighted by atomic mass is 10.1. The van der Waals surface area contributed by atoms with Gasteiger partial charge in [0.05, 0.1) is 0 Å². The largest absolute Gasteiger partial charge is 0.273 e. The Bertz CT molecular complexity index is 1050. The van der Waals surface area contributed by atoms with Crippen LogP contribution < -0.4 is 10.9 Å². The van der Waals surface area contributed by atoms with Crippen molar-refractivity contribution in [2.24, 2.45) is 0 Å². The molecule has 0 fully saturated rings. The SMILES string of the molecule is Cc1cc(C)nc(SCc2ccc(C(=O)NNC(=O)CCc3ccccc3Cl)cc2)n1. The summed E-state index contributed by atoms with van der Waals surface area (Å²) < 4.78 is 0. The highest BCUT2D eigenvalue weighted by Gasteiger charge is 2.09. The van der Waals surface area contributed by atoms with E-state index in [4.69, 9.17) is 11.6 Å². The van der Waals surface area contributed by atoms with Crippen molar-refractivity contribution >= 4 is 35.2 Å². The molecule has 1 heterocycles. The first-order valence-electron chi connectivity index (χ1n) is 9.77. The molecule has 3 aromatic rings. The van der Waals surface area contributed by atoms with Gasteiger partial charge in [0, 0.05) is 34.1 Å². The number of carbonyl (C=O) groups is 2. The molecule has 0 atom stereocenters. The minimum atomic E-state index is -0.372. The van der Waals surface area contributed by atoms with Gasteiger partial charge in [-0.15, -0.1) is 0 Å². The maximum Gasteiger partial charge on any atom is 0.269 e. The van der Waals surface area contributed by atoms with E-state index in [1.54, 1.807) is 30.0 Å². The molecular weight excluding hydrogens is 432 g/mol. The maximum atomic E-state index is 12.3. The lowest BCUT2D eigenvalue weighted by molar-refractivity contribution is -0.121. The van der Waals surface area contributed by atoms with E-state index in [2.05, 4.69) is 20.8 Å². The fraction of sp³-hybridized carbons (Fsp3) is 0.217. The van der Waals surface area contributed by atoms with Gasteiger partial charge in [-0.25, -0.2) is 9.97 Å². The van der Waals surface area contributed by atoms with Crippen molar-refractivity contribution < 1.29 is 9.59 Å². The molecule has 3 rings (SSSR count). The molecule has 0 aliphatic carbocycles. The summed E-state index contributed by atoms with van der Waals surface area (Å²) in [5.41, 5.74) is 9.17. The van der Waals surface area contributed by atoms with Gasteiger partial charge in [-0.05, 0) is 55.7 Å². The van der Waals surface area contributed by atoms with E-state index in [9.17, 15) is 9.59 Å². The summed E-state index contributed by atoms with van der Waals surface area (Å²) in [5, 5.41) is 1.36. The highest BCUT2D eigenvalue weighted by Crippen LogP contribution is 2.20. The van der Waals surface area contributed by atoms with Crippen LogP contribution in [0.1, 0.15) is 39.3 Å². The van der Waals surface area contributed by atoms with Crippen molar-refractivity contribution in [2.75, 3.05) is 0 Å². The van der Waals surface area contributed by atoms with E-state index in [0.29, 0.717) is 22.8 Å². The van der Waals surface area contributed by atoms with Gasteiger partial charge in [-0.1, -0.05) is 53.7 Å². The molecule has 0 aliphatic heterocycles. The van der Waals surface area contributed by atoms with Gasteiger partial charge in [0.1, 0.15) is 0 Å². The zero-order valence-corrected chi connectivity index (χ0v) is 18.9. The lowest BCUT2D eigenvalue weighted by Gasteiger charge is -2.09. The number of nitrogens with zero attached hydrogens (tertiary/aromatic N) is 2. The number of thioether (sulfide) groups is 1. The van der Waals surface area contributed by atoms with Crippen molar-refractivity contribution in [1.82, 2.24) is 20.8 Å². The van der Waals surface area contributed by atoms with Gasteiger partial charge in [0.2, 0.25) is 5.91 Å². The van der Waals surface area contributed by atoms with Crippen LogP contribution in [0, 0.1) is 13.8 Å². The minimum absolute atomic E-state index is 0.223. The van der Waals surface area contributed by atoms with E-state index in [1.807, 2.05) is 50.2 Å². The number of halogens is 1. The molecule has 6 nitrogen and oxygen atoms in total. The Morgan fingerprint density at radius 1 is 0.968 bits per heavy atom. The molecule has 0 spiro atoms. The van der Waals surface area contributed by atoms with Gasteiger partial charge in [-0.3, -0.25) is 20.4 Å². The quantitative estimate of drug-likeness (QED) is 0.313. The minimum Gasteiger partial charge on any atom is -0.273 e. The third kappa shape index (κ3) is 7.08. The summed E-state index contributed by atoms with van der Waals surface area (Å²) in [7, 11) is 0. The van der Waals surface area contributed by atoms with Crippen LogP contribution in [0.2, 0.25) is 5.02 Å². The Labute approximate surface area is 190 Å². The molecule has 0 radical (unpaired) electrons. The van der Waals surface area contributed by atoms with Gasteiger partial charge >= 0.3 is 0 Å². The number of hydrogen-bond donors (Lipinski definition) is 2. The normalized spacial score (nSPS) is 10.5. The Morgan fingerprint density at radius 2 is 1.65 bits per heavy atom. The molecule has 0 unspecified atom stereocenters. The molecule has 160 valence electrons. The van der Waals surface area contributed by atoms with E-state index >= 15 is 0 Å². The molecular formula is C23H23ClN4O2S. The number of rotatable bonds is 7. The van der Waals surface area contributed by atoms with Crippen LogP contribution in [0.3, 0.4) is 0 Å². The lowest BCUT2D eigenvalue weighted by Crippen LogP contribution is -2.41. The summed E-state index contributed by atoms with van der Waals surface area (Å²) in [6.45, 7) is 3.89. The second kappa shape index (κ2) is 10.9. The molecule has 2 amide bonds. The van der Waals surface area contributed by atoms with E-state index < -0.39 is 0 Å². The van der Waals surface area contributed by atoms with Crippen molar-refractivity contribution in [1.29, 1.82) is 0 Å². The Hall–Kier alpha value is -2.90. The Balaban J connectivity index is 1.45. The first-order valence-corrected chi connectivity index (χ1v) is 11.1. The summed E-state index contributed by atoms with van der Waals surface area (Å²) >= 11 is 7.63. The van der Waals surface area contributed by atoms with Gasteiger partial charge in [-0.2, -0.15) is 0 Å². The highest BCUT2D eigenvalue weighted by molar-refractivity contribution is 7.98.